The highest BCUT2D eigenvalue weighted by Crippen LogP contribution is 2.14. The Balaban J connectivity index is 3.30. The minimum absolute atomic E-state index is 0.0689. The van der Waals surface area contributed by atoms with Crippen LogP contribution >= 0.6 is 0 Å². The van der Waals surface area contributed by atoms with E-state index < -0.39 is 0 Å². The number of hydrogen-bond acceptors (Lipinski definition) is 4. The molecule has 0 spiro atoms. The van der Waals surface area contributed by atoms with Gasteiger partial charge in [0.25, 0.3) is 0 Å². The van der Waals surface area contributed by atoms with E-state index in [1.807, 2.05) is 20.8 Å². The molecule has 17 heavy (non-hydrogen) atoms. The Labute approximate surface area is 103 Å². The third-order valence-corrected chi connectivity index (χ3v) is 2.06. The van der Waals surface area contributed by atoms with Crippen molar-refractivity contribution in [2.24, 2.45) is 5.41 Å². The van der Waals surface area contributed by atoms with Crippen LogP contribution in [0.1, 0.15) is 27.7 Å². The lowest BCUT2D eigenvalue weighted by Gasteiger charge is -2.16. The largest absolute Gasteiger partial charge is 0.377 e. The predicted molar refractivity (Wildman–Crippen MR) is 64.8 cm³/mol. The van der Waals surface area contributed by atoms with E-state index in [0.717, 1.165) is 0 Å². The van der Waals surface area contributed by atoms with Crippen molar-refractivity contribution in [1.82, 2.24) is 5.32 Å². The molecular weight excluding hydrogens is 222 g/mol. The smallest absolute Gasteiger partial charge is 0.216 e. The molecule has 0 atom stereocenters. The maximum absolute atomic E-state index is 11.5. The average Bonchev–Trinajstić information content (AvgIpc) is 2.19. The first kappa shape index (κ1) is 16.1. The summed E-state index contributed by atoms with van der Waals surface area (Å²) in [4.78, 5) is 22.0. The minimum atomic E-state index is -0.355. The van der Waals surface area contributed by atoms with Crippen LogP contribution in [0, 0.1) is 5.41 Å². The Morgan fingerprint density at radius 2 is 1.65 bits per heavy atom. The van der Waals surface area contributed by atoms with Crippen LogP contribution in [0.4, 0.5) is 0 Å². The monoisotopic (exact) mass is 245 g/mol. The van der Waals surface area contributed by atoms with Gasteiger partial charge in [0.2, 0.25) is 5.91 Å². The van der Waals surface area contributed by atoms with Gasteiger partial charge in [-0.1, -0.05) is 20.8 Å². The molecule has 0 aliphatic carbocycles. The molecule has 0 aliphatic rings. The molecule has 5 heteroatoms. The molecule has 1 amide bonds. The third kappa shape index (κ3) is 9.96. The highest BCUT2D eigenvalue weighted by Gasteiger charge is 2.20. The number of carbonyl (C=O) groups is 2. The molecule has 0 aromatic carbocycles. The maximum Gasteiger partial charge on any atom is 0.216 e. The summed E-state index contributed by atoms with van der Waals surface area (Å²) in [6.45, 7) is 8.94. The van der Waals surface area contributed by atoms with Gasteiger partial charge in [0.15, 0.2) is 5.78 Å². The summed E-state index contributed by atoms with van der Waals surface area (Å²) in [7, 11) is 0. The van der Waals surface area contributed by atoms with Crippen molar-refractivity contribution < 1.29 is 19.1 Å². The molecule has 100 valence electrons. The Bertz CT molecular complexity index is 245. The van der Waals surface area contributed by atoms with Crippen molar-refractivity contribution in [3.8, 4) is 0 Å². The second kappa shape index (κ2) is 8.20. The lowest BCUT2D eigenvalue weighted by molar-refractivity contribution is -0.131. The van der Waals surface area contributed by atoms with E-state index in [1.165, 1.54) is 6.92 Å². The van der Waals surface area contributed by atoms with Crippen molar-refractivity contribution >= 4 is 11.7 Å². The summed E-state index contributed by atoms with van der Waals surface area (Å²) < 4.78 is 10.4. The van der Waals surface area contributed by atoms with Gasteiger partial charge in [-0.25, -0.2) is 0 Å². The highest BCUT2D eigenvalue weighted by molar-refractivity contribution is 5.84. The zero-order valence-electron chi connectivity index (χ0n) is 11.2. The topological polar surface area (TPSA) is 64.6 Å². The van der Waals surface area contributed by atoms with Crippen LogP contribution in [-0.4, -0.2) is 44.7 Å². The first-order valence-corrected chi connectivity index (χ1v) is 5.77. The van der Waals surface area contributed by atoms with Crippen LogP contribution in [0.5, 0.6) is 0 Å². The molecule has 0 fully saturated rings. The van der Waals surface area contributed by atoms with Gasteiger partial charge >= 0.3 is 0 Å². The number of hydrogen-bond donors (Lipinski definition) is 1. The summed E-state index contributed by atoms with van der Waals surface area (Å²) >= 11 is 0. The quantitative estimate of drug-likeness (QED) is 0.642. The number of nitrogens with one attached hydrogen (secondary N) is 1. The first-order chi connectivity index (χ1) is 7.84. The van der Waals surface area contributed by atoms with Crippen LogP contribution < -0.4 is 5.32 Å². The number of amides is 1. The Kier molecular flexibility index (Phi) is 7.74. The number of rotatable bonds is 8. The summed E-state index contributed by atoms with van der Waals surface area (Å²) in [5, 5.41) is 2.62. The number of ether oxygens (including phenoxy) is 2. The van der Waals surface area contributed by atoms with E-state index in [9.17, 15) is 9.59 Å². The van der Waals surface area contributed by atoms with Crippen LogP contribution in [0.3, 0.4) is 0 Å². The van der Waals surface area contributed by atoms with Gasteiger partial charge in [-0.05, 0) is 0 Å². The molecule has 0 bridgehead atoms. The van der Waals surface area contributed by atoms with Crippen molar-refractivity contribution in [3.05, 3.63) is 0 Å². The van der Waals surface area contributed by atoms with Gasteiger partial charge < -0.3 is 14.8 Å². The van der Waals surface area contributed by atoms with E-state index in [2.05, 4.69) is 5.32 Å². The summed E-state index contributed by atoms with van der Waals surface area (Å²) in [5.41, 5.74) is -0.355. The van der Waals surface area contributed by atoms with Gasteiger partial charge in [0.1, 0.15) is 6.61 Å². The minimum Gasteiger partial charge on any atom is -0.377 e. The lowest BCUT2D eigenvalue weighted by Crippen LogP contribution is -2.26. The zero-order valence-corrected chi connectivity index (χ0v) is 11.2. The molecule has 0 rings (SSSR count). The normalized spacial score (nSPS) is 11.3. The summed E-state index contributed by atoms with van der Waals surface area (Å²) in [5.74, 6) is 0.0105. The fraction of sp³-hybridized carbons (Fsp3) is 0.833. The van der Waals surface area contributed by atoms with Gasteiger partial charge in [0.05, 0.1) is 19.8 Å². The zero-order chi connectivity index (χ0) is 13.3. The molecule has 0 unspecified atom stereocenters. The van der Waals surface area contributed by atoms with Crippen LogP contribution in [0.2, 0.25) is 0 Å². The van der Waals surface area contributed by atoms with Gasteiger partial charge in [-0.2, -0.15) is 0 Å². The second-order valence-electron chi connectivity index (χ2n) is 4.82. The van der Waals surface area contributed by atoms with Crippen LogP contribution in [0.15, 0.2) is 0 Å². The fourth-order valence-corrected chi connectivity index (χ4v) is 0.901. The van der Waals surface area contributed by atoms with Crippen molar-refractivity contribution in [3.63, 3.8) is 0 Å². The molecule has 0 radical (unpaired) electrons. The van der Waals surface area contributed by atoms with E-state index in [0.29, 0.717) is 26.4 Å². The summed E-state index contributed by atoms with van der Waals surface area (Å²) in [6, 6.07) is 0. The molecule has 0 aromatic heterocycles. The highest BCUT2D eigenvalue weighted by atomic mass is 16.5. The van der Waals surface area contributed by atoms with E-state index in [1.54, 1.807) is 0 Å². The molecule has 5 nitrogen and oxygen atoms in total. The number of carbonyl (C=O) groups excluding carboxylic acids is 2. The van der Waals surface area contributed by atoms with Gasteiger partial charge in [0, 0.05) is 18.9 Å². The molecule has 0 saturated heterocycles. The Morgan fingerprint density at radius 1 is 1.06 bits per heavy atom. The van der Waals surface area contributed by atoms with Crippen molar-refractivity contribution in [2.75, 3.05) is 33.0 Å². The van der Waals surface area contributed by atoms with Gasteiger partial charge in [-0.15, -0.1) is 0 Å². The van der Waals surface area contributed by atoms with Crippen LogP contribution in [0.25, 0.3) is 0 Å². The van der Waals surface area contributed by atoms with Gasteiger partial charge in [-0.3, -0.25) is 9.59 Å². The van der Waals surface area contributed by atoms with E-state index in [-0.39, 0.29) is 23.7 Å². The molecule has 0 aromatic rings. The average molecular weight is 245 g/mol. The SMILES string of the molecule is CC(=O)NCCOCCOCC(=O)C(C)(C)C. The van der Waals surface area contributed by atoms with E-state index in [4.69, 9.17) is 9.47 Å². The maximum atomic E-state index is 11.5. The van der Waals surface area contributed by atoms with E-state index >= 15 is 0 Å². The lowest BCUT2D eigenvalue weighted by atomic mass is 9.91. The molecule has 0 heterocycles. The Morgan fingerprint density at radius 3 is 2.18 bits per heavy atom. The molecule has 0 aliphatic heterocycles. The van der Waals surface area contributed by atoms with Crippen LogP contribution in [-0.2, 0) is 19.1 Å². The standard InChI is InChI=1S/C12H23NO4/c1-10(14)13-5-6-16-7-8-17-9-11(15)12(2,3)4/h5-9H2,1-4H3,(H,13,14). The van der Waals surface area contributed by atoms with Crippen molar-refractivity contribution in [2.45, 2.75) is 27.7 Å². The first-order valence-electron chi connectivity index (χ1n) is 5.77. The van der Waals surface area contributed by atoms with Crippen molar-refractivity contribution in [1.29, 1.82) is 0 Å². The molecule has 0 saturated carbocycles. The second-order valence-corrected chi connectivity index (χ2v) is 4.82. The number of ketones is 1. The Hall–Kier alpha value is -0.940. The number of Topliss-reactive ketones (excluding diaryl/α,β-unsaturated/α-hetero) is 1. The third-order valence-electron chi connectivity index (χ3n) is 2.06. The summed E-state index contributed by atoms with van der Waals surface area (Å²) in [6.07, 6.45) is 0. The predicted octanol–water partition coefficient (Wildman–Crippen LogP) is 0.771. The molecular formula is C12H23NO4. The fourth-order valence-electron chi connectivity index (χ4n) is 0.901. The molecule has 1 N–H and O–H groups in total.